The van der Waals surface area contributed by atoms with Gasteiger partial charge in [0.2, 0.25) is 0 Å². The van der Waals surface area contributed by atoms with E-state index in [2.05, 4.69) is 20.9 Å². The number of hydrogen-bond acceptors (Lipinski definition) is 6. The fraction of sp³-hybridized carbons (Fsp3) is 0.400. The Morgan fingerprint density at radius 2 is 2.00 bits per heavy atom. The first-order valence-corrected chi connectivity index (χ1v) is 11.9. The largest absolute Gasteiger partial charge is 0.496 e. The molecule has 0 aliphatic carbocycles. The van der Waals surface area contributed by atoms with Crippen molar-refractivity contribution < 1.29 is 19.1 Å². The second-order valence-corrected chi connectivity index (χ2v) is 9.82. The lowest BCUT2D eigenvalue weighted by Crippen LogP contribution is -2.09. The van der Waals surface area contributed by atoms with E-state index < -0.39 is 5.97 Å². The lowest BCUT2D eigenvalue weighted by atomic mass is 9.99. The standard InChI is InChI=1S/C20H22BrNO4S2/c1-4-26-19(24)16-11(2)15(17(22-16)20-27-8-5-9-28-20)18(23)12-6-7-14(25-3)13(21)10-12/h6-7,10,20,22H,4-5,8-9H2,1-3H3. The van der Waals surface area contributed by atoms with Crippen molar-refractivity contribution in [1.82, 2.24) is 4.98 Å². The number of aromatic nitrogens is 1. The summed E-state index contributed by atoms with van der Waals surface area (Å²) in [5, 5.41) is 0. The monoisotopic (exact) mass is 483 g/mol. The zero-order valence-corrected chi connectivity index (χ0v) is 19.2. The Labute approximate surface area is 181 Å². The molecule has 28 heavy (non-hydrogen) atoms. The number of halogens is 1. The van der Waals surface area contributed by atoms with Crippen molar-refractivity contribution in [3.05, 3.63) is 50.8 Å². The summed E-state index contributed by atoms with van der Waals surface area (Å²) in [5.74, 6) is 2.18. The number of ether oxygens (including phenoxy) is 2. The fourth-order valence-electron chi connectivity index (χ4n) is 3.10. The number of aromatic amines is 1. The molecule has 1 aromatic carbocycles. The molecule has 2 aromatic rings. The molecule has 1 fully saturated rings. The van der Waals surface area contributed by atoms with E-state index in [0.717, 1.165) is 23.6 Å². The Hall–Kier alpha value is -1.38. The molecule has 0 atom stereocenters. The summed E-state index contributed by atoms with van der Waals surface area (Å²) in [6.45, 7) is 3.86. The van der Waals surface area contributed by atoms with Crippen LogP contribution in [0, 0.1) is 6.92 Å². The highest BCUT2D eigenvalue weighted by atomic mass is 79.9. The lowest BCUT2D eigenvalue weighted by Gasteiger charge is -2.21. The van der Waals surface area contributed by atoms with Crippen molar-refractivity contribution in [2.24, 2.45) is 0 Å². The minimum Gasteiger partial charge on any atom is -0.496 e. The number of ketones is 1. The number of H-pyrrole nitrogens is 1. The van der Waals surface area contributed by atoms with Gasteiger partial charge in [0.15, 0.2) is 5.78 Å². The molecule has 150 valence electrons. The van der Waals surface area contributed by atoms with Gasteiger partial charge in [-0.2, -0.15) is 0 Å². The van der Waals surface area contributed by atoms with Gasteiger partial charge in [-0.05, 0) is 71.5 Å². The number of benzene rings is 1. The quantitative estimate of drug-likeness (QED) is 0.439. The first-order valence-electron chi connectivity index (χ1n) is 8.98. The highest BCUT2D eigenvalue weighted by Gasteiger charge is 2.31. The molecule has 3 rings (SSSR count). The van der Waals surface area contributed by atoms with Crippen LogP contribution in [-0.4, -0.2) is 42.0 Å². The van der Waals surface area contributed by atoms with E-state index in [-0.39, 0.29) is 17.0 Å². The lowest BCUT2D eigenvalue weighted by molar-refractivity contribution is 0.0519. The summed E-state index contributed by atoms with van der Waals surface area (Å²) >= 11 is 7.04. The summed E-state index contributed by atoms with van der Waals surface area (Å²) in [5.41, 5.74) is 2.90. The van der Waals surface area contributed by atoms with Crippen LogP contribution >= 0.6 is 39.5 Å². The Morgan fingerprint density at radius 3 is 2.61 bits per heavy atom. The van der Waals surface area contributed by atoms with Gasteiger partial charge >= 0.3 is 5.97 Å². The molecule has 8 heteroatoms. The second kappa shape index (κ2) is 9.41. The Kier molecular flexibility index (Phi) is 7.17. The van der Waals surface area contributed by atoms with Gasteiger partial charge in [0, 0.05) is 11.1 Å². The van der Waals surface area contributed by atoms with E-state index in [1.807, 2.05) is 0 Å². The van der Waals surface area contributed by atoms with Gasteiger partial charge in [-0.1, -0.05) is 0 Å². The number of nitrogens with one attached hydrogen (secondary N) is 1. The van der Waals surface area contributed by atoms with Crippen LogP contribution in [0.2, 0.25) is 0 Å². The molecule has 1 N–H and O–H groups in total. The minimum absolute atomic E-state index is 0.0938. The molecule has 0 amide bonds. The number of methoxy groups -OCH3 is 1. The molecule has 1 saturated heterocycles. The molecular formula is C20H22BrNO4S2. The molecule has 2 heterocycles. The molecular weight excluding hydrogens is 462 g/mol. The SMILES string of the molecule is CCOC(=O)c1[nH]c(C2SCCCS2)c(C(=O)c2ccc(OC)c(Br)c2)c1C. The van der Waals surface area contributed by atoms with Crippen LogP contribution in [0.4, 0.5) is 0 Å². The third kappa shape index (κ3) is 4.28. The topological polar surface area (TPSA) is 68.4 Å². The van der Waals surface area contributed by atoms with Gasteiger partial charge in [0.05, 0.1) is 28.5 Å². The Morgan fingerprint density at radius 1 is 1.29 bits per heavy atom. The van der Waals surface area contributed by atoms with Crippen LogP contribution in [0.25, 0.3) is 0 Å². The average molecular weight is 484 g/mol. The molecule has 1 aromatic heterocycles. The van der Waals surface area contributed by atoms with Gasteiger partial charge < -0.3 is 14.5 Å². The van der Waals surface area contributed by atoms with Crippen LogP contribution in [0.15, 0.2) is 22.7 Å². The number of rotatable bonds is 6. The fourth-order valence-corrected chi connectivity index (χ4v) is 6.52. The molecule has 0 unspecified atom stereocenters. The van der Waals surface area contributed by atoms with Crippen molar-refractivity contribution in [1.29, 1.82) is 0 Å². The van der Waals surface area contributed by atoms with Gasteiger partial charge in [-0.3, -0.25) is 4.79 Å². The van der Waals surface area contributed by atoms with Crippen LogP contribution in [-0.2, 0) is 4.74 Å². The molecule has 0 saturated carbocycles. The third-order valence-corrected chi connectivity index (χ3v) is 8.02. The highest BCUT2D eigenvalue weighted by Crippen LogP contribution is 2.46. The average Bonchev–Trinajstić information content (AvgIpc) is 3.05. The zero-order valence-electron chi connectivity index (χ0n) is 16.0. The van der Waals surface area contributed by atoms with E-state index in [4.69, 9.17) is 9.47 Å². The summed E-state index contributed by atoms with van der Waals surface area (Å²) in [4.78, 5) is 29.1. The van der Waals surface area contributed by atoms with Gasteiger partial charge in [0.1, 0.15) is 11.4 Å². The van der Waals surface area contributed by atoms with Crippen molar-refractivity contribution >= 4 is 51.2 Å². The van der Waals surface area contributed by atoms with Crippen LogP contribution in [0.3, 0.4) is 0 Å². The van der Waals surface area contributed by atoms with E-state index in [9.17, 15) is 9.59 Å². The minimum atomic E-state index is -0.429. The van der Waals surface area contributed by atoms with E-state index in [1.165, 1.54) is 0 Å². The molecule has 0 bridgehead atoms. The second-order valence-electron chi connectivity index (χ2n) is 6.24. The smallest absolute Gasteiger partial charge is 0.355 e. The summed E-state index contributed by atoms with van der Waals surface area (Å²) in [7, 11) is 1.58. The molecule has 0 spiro atoms. The predicted octanol–water partition coefficient (Wildman–Crippen LogP) is 5.37. The molecule has 1 aliphatic rings. The number of carbonyl (C=O) groups is 2. The predicted molar refractivity (Wildman–Crippen MR) is 118 cm³/mol. The summed E-state index contributed by atoms with van der Waals surface area (Å²) in [6.07, 6.45) is 1.14. The normalized spacial score (nSPS) is 14.7. The molecule has 1 aliphatic heterocycles. The number of esters is 1. The summed E-state index contributed by atoms with van der Waals surface area (Å²) < 4.78 is 11.2. The molecule has 0 radical (unpaired) electrons. The first-order chi connectivity index (χ1) is 13.5. The van der Waals surface area contributed by atoms with Crippen molar-refractivity contribution in [3.63, 3.8) is 0 Å². The van der Waals surface area contributed by atoms with Crippen molar-refractivity contribution in [2.75, 3.05) is 25.2 Å². The van der Waals surface area contributed by atoms with E-state index in [1.54, 1.807) is 62.7 Å². The van der Waals surface area contributed by atoms with Gasteiger partial charge in [-0.15, -0.1) is 23.5 Å². The maximum Gasteiger partial charge on any atom is 0.355 e. The third-order valence-electron chi connectivity index (χ3n) is 4.46. The molecule has 5 nitrogen and oxygen atoms in total. The number of carbonyl (C=O) groups excluding carboxylic acids is 2. The first kappa shape index (κ1) is 21.3. The highest BCUT2D eigenvalue weighted by molar-refractivity contribution is 9.10. The maximum atomic E-state index is 13.4. The van der Waals surface area contributed by atoms with E-state index in [0.29, 0.717) is 32.6 Å². The van der Waals surface area contributed by atoms with Gasteiger partial charge in [0.25, 0.3) is 0 Å². The van der Waals surface area contributed by atoms with Crippen LogP contribution in [0.5, 0.6) is 5.75 Å². The number of hydrogen-bond donors (Lipinski definition) is 1. The van der Waals surface area contributed by atoms with Crippen molar-refractivity contribution in [2.45, 2.75) is 24.9 Å². The van der Waals surface area contributed by atoms with Crippen LogP contribution < -0.4 is 4.74 Å². The van der Waals surface area contributed by atoms with Crippen molar-refractivity contribution in [3.8, 4) is 5.75 Å². The Bertz CT molecular complexity index is 891. The van der Waals surface area contributed by atoms with Gasteiger partial charge in [-0.25, -0.2) is 4.79 Å². The Balaban J connectivity index is 2.07. The number of thioether (sulfide) groups is 2. The maximum absolute atomic E-state index is 13.4. The zero-order chi connectivity index (χ0) is 20.3. The summed E-state index contributed by atoms with van der Waals surface area (Å²) in [6, 6.07) is 5.26. The van der Waals surface area contributed by atoms with E-state index >= 15 is 0 Å². The van der Waals surface area contributed by atoms with Crippen LogP contribution in [0.1, 0.15) is 55.6 Å².